The van der Waals surface area contributed by atoms with E-state index in [1.54, 1.807) is 21.7 Å². The number of nitrogens with two attached hydrogens (primary N) is 1. The Kier molecular flexibility index (Phi) is 6.55. The summed E-state index contributed by atoms with van der Waals surface area (Å²) in [6.07, 6.45) is 2.23. The van der Waals surface area contributed by atoms with Crippen LogP contribution in [0.15, 0.2) is 53.5 Å². The number of rotatable bonds is 5. The highest BCUT2D eigenvalue weighted by Crippen LogP contribution is 2.49. The van der Waals surface area contributed by atoms with E-state index in [0.29, 0.717) is 75.1 Å². The second-order valence-corrected chi connectivity index (χ2v) is 11.7. The summed E-state index contributed by atoms with van der Waals surface area (Å²) in [7, 11) is 0. The molecule has 0 saturated carbocycles. The van der Waals surface area contributed by atoms with Gasteiger partial charge in [-0.2, -0.15) is 0 Å². The molecule has 5 heterocycles. The third-order valence-corrected chi connectivity index (χ3v) is 8.99. The topological polar surface area (TPSA) is 111 Å². The fraction of sp³-hybridized carbons (Fsp3) is 0.333. The SMILES string of the molecule is N[C@H]1CCN(C(=O)c2cn3c4c(c(NCCN5CCOCC5)c(F)cc4c2=O)Oc2cc4c(cc2-3)-c2ccccc2CO4)C1. The molecular weight excluding hydrogens is 565 g/mol. The van der Waals surface area contributed by atoms with Crippen LogP contribution in [0.1, 0.15) is 22.3 Å². The minimum absolute atomic E-state index is 0.0350. The van der Waals surface area contributed by atoms with Crippen LogP contribution < -0.4 is 26.0 Å². The monoisotopic (exact) mass is 597 g/mol. The van der Waals surface area contributed by atoms with Crippen molar-refractivity contribution in [1.29, 1.82) is 0 Å². The summed E-state index contributed by atoms with van der Waals surface area (Å²) in [6.45, 7) is 5.36. The first kappa shape index (κ1) is 27.1. The van der Waals surface area contributed by atoms with Gasteiger partial charge in [0.05, 0.1) is 24.3 Å². The van der Waals surface area contributed by atoms with Crippen molar-refractivity contribution in [3.05, 3.63) is 75.8 Å². The van der Waals surface area contributed by atoms with E-state index in [-0.39, 0.29) is 28.4 Å². The van der Waals surface area contributed by atoms with E-state index in [1.807, 2.05) is 30.3 Å². The van der Waals surface area contributed by atoms with Crippen LogP contribution in [0.5, 0.6) is 17.2 Å². The maximum atomic E-state index is 15.9. The number of morpholine rings is 1. The molecule has 1 amide bonds. The van der Waals surface area contributed by atoms with Gasteiger partial charge in [-0.1, -0.05) is 24.3 Å². The Morgan fingerprint density at radius 1 is 1.07 bits per heavy atom. The summed E-state index contributed by atoms with van der Waals surface area (Å²) >= 11 is 0. The van der Waals surface area contributed by atoms with E-state index in [2.05, 4.69) is 10.2 Å². The molecule has 226 valence electrons. The number of likely N-dealkylation sites (tertiary alicyclic amines) is 1. The largest absolute Gasteiger partial charge is 0.488 e. The fourth-order valence-electron chi connectivity index (χ4n) is 6.66. The molecule has 2 saturated heterocycles. The Balaban J connectivity index is 1.29. The van der Waals surface area contributed by atoms with Gasteiger partial charge in [0.25, 0.3) is 5.91 Å². The molecule has 3 aromatic carbocycles. The van der Waals surface area contributed by atoms with Crippen molar-refractivity contribution in [2.75, 3.05) is 57.8 Å². The van der Waals surface area contributed by atoms with Crippen molar-refractivity contribution < 1.29 is 23.4 Å². The molecule has 0 aliphatic carbocycles. The van der Waals surface area contributed by atoms with Crippen molar-refractivity contribution >= 4 is 22.5 Å². The number of hydrogen-bond donors (Lipinski definition) is 2. The Bertz CT molecular complexity index is 1890. The summed E-state index contributed by atoms with van der Waals surface area (Å²) < 4.78 is 35.7. The normalized spacial score (nSPS) is 18.7. The molecule has 2 fully saturated rings. The number of carbonyl (C=O) groups excluding carboxylic acids is 1. The highest BCUT2D eigenvalue weighted by Gasteiger charge is 2.33. The zero-order chi connectivity index (χ0) is 29.9. The van der Waals surface area contributed by atoms with Gasteiger partial charge in [-0.15, -0.1) is 0 Å². The van der Waals surface area contributed by atoms with Crippen molar-refractivity contribution in [3.63, 3.8) is 0 Å². The molecule has 8 rings (SSSR count). The van der Waals surface area contributed by atoms with Crippen LogP contribution >= 0.6 is 0 Å². The molecule has 10 nitrogen and oxygen atoms in total. The lowest BCUT2D eigenvalue weighted by atomic mass is 9.95. The van der Waals surface area contributed by atoms with Crippen molar-refractivity contribution in [3.8, 4) is 34.1 Å². The molecule has 3 N–H and O–H groups in total. The summed E-state index contributed by atoms with van der Waals surface area (Å²) in [4.78, 5) is 31.4. The van der Waals surface area contributed by atoms with Crippen LogP contribution in [-0.4, -0.2) is 78.8 Å². The first-order valence-electron chi connectivity index (χ1n) is 15.0. The number of aromatic nitrogens is 1. The predicted molar refractivity (Wildman–Crippen MR) is 164 cm³/mol. The maximum Gasteiger partial charge on any atom is 0.259 e. The molecule has 11 heteroatoms. The van der Waals surface area contributed by atoms with E-state index in [0.717, 1.165) is 29.8 Å². The number of hydrogen-bond acceptors (Lipinski definition) is 8. The number of anilines is 1. The van der Waals surface area contributed by atoms with Crippen LogP contribution in [0.4, 0.5) is 10.1 Å². The maximum absolute atomic E-state index is 15.9. The summed E-state index contributed by atoms with van der Waals surface area (Å²) in [5.41, 5.74) is 9.64. The van der Waals surface area contributed by atoms with Crippen LogP contribution in [-0.2, 0) is 11.3 Å². The molecule has 4 aliphatic rings. The quantitative estimate of drug-likeness (QED) is 0.316. The first-order valence-corrected chi connectivity index (χ1v) is 15.0. The molecule has 1 aromatic heterocycles. The van der Waals surface area contributed by atoms with Crippen molar-refractivity contribution in [1.82, 2.24) is 14.4 Å². The highest BCUT2D eigenvalue weighted by atomic mass is 19.1. The fourth-order valence-corrected chi connectivity index (χ4v) is 6.66. The number of carbonyl (C=O) groups is 1. The standard InChI is InChI=1S/C33H32FN5O5/c34-25-13-23-30-32(29(25)36-6-8-37-9-11-42-12-10-37)44-28-15-27-22(21-4-2-1-3-19(21)18-43-27)14-26(28)39(30)17-24(31(23)40)33(41)38-7-5-20(35)16-38/h1-4,13-15,17,20,36H,5-12,16,18,35H2/t20-/m0/s1. The Morgan fingerprint density at radius 3 is 2.73 bits per heavy atom. The number of pyridine rings is 1. The van der Waals surface area contributed by atoms with Gasteiger partial charge < -0.3 is 34.7 Å². The van der Waals surface area contributed by atoms with Gasteiger partial charge in [-0.25, -0.2) is 4.39 Å². The van der Waals surface area contributed by atoms with Gasteiger partial charge in [-0.05, 0) is 29.7 Å². The molecule has 0 radical (unpaired) electrons. The second-order valence-electron chi connectivity index (χ2n) is 11.7. The Morgan fingerprint density at radius 2 is 1.91 bits per heavy atom. The molecule has 4 aliphatic heterocycles. The van der Waals surface area contributed by atoms with Gasteiger partial charge in [-0.3, -0.25) is 14.5 Å². The average molecular weight is 598 g/mol. The van der Waals surface area contributed by atoms with Gasteiger partial charge in [0, 0.05) is 63.1 Å². The molecule has 4 aromatic rings. The van der Waals surface area contributed by atoms with Gasteiger partial charge >= 0.3 is 0 Å². The van der Waals surface area contributed by atoms with Gasteiger partial charge in [0.2, 0.25) is 5.43 Å². The molecule has 0 unspecified atom stereocenters. The first-order chi connectivity index (χ1) is 21.5. The zero-order valence-electron chi connectivity index (χ0n) is 24.1. The van der Waals surface area contributed by atoms with Crippen LogP contribution in [0.3, 0.4) is 0 Å². The number of halogens is 1. The van der Waals surface area contributed by atoms with Gasteiger partial charge in [0.1, 0.15) is 29.1 Å². The van der Waals surface area contributed by atoms with E-state index in [1.165, 1.54) is 6.07 Å². The van der Waals surface area contributed by atoms with Gasteiger partial charge in [0.15, 0.2) is 17.3 Å². The van der Waals surface area contributed by atoms with E-state index >= 15 is 4.39 Å². The molecular formula is C33H32FN5O5. The number of nitrogens with zero attached hydrogens (tertiary/aromatic N) is 3. The second kappa shape index (κ2) is 10.6. The zero-order valence-corrected chi connectivity index (χ0v) is 24.1. The Labute approximate surface area is 252 Å². The Hall–Kier alpha value is -4.45. The number of nitrogens with one attached hydrogen (secondary N) is 1. The summed E-state index contributed by atoms with van der Waals surface area (Å²) in [6, 6.07) is 12.8. The van der Waals surface area contributed by atoms with E-state index in [9.17, 15) is 9.59 Å². The number of ether oxygens (including phenoxy) is 3. The van der Waals surface area contributed by atoms with E-state index in [4.69, 9.17) is 19.9 Å². The molecule has 0 bridgehead atoms. The highest BCUT2D eigenvalue weighted by molar-refractivity contribution is 6.01. The van der Waals surface area contributed by atoms with Crippen molar-refractivity contribution in [2.45, 2.75) is 19.1 Å². The third-order valence-electron chi connectivity index (χ3n) is 8.99. The lowest BCUT2D eigenvalue weighted by molar-refractivity contribution is 0.0398. The predicted octanol–water partition coefficient (Wildman–Crippen LogP) is 3.71. The molecule has 44 heavy (non-hydrogen) atoms. The van der Waals surface area contributed by atoms with Crippen LogP contribution in [0.2, 0.25) is 0 Å². The lowest BCUT2D eigenvalue weighted by Crippen LogP contribution is -2.39. The smallest absolute Gasteiger partial charge is 0.259 e. The van der Waals surface area contributed by atoms with Crippen LogP contribution in [0, 0.1) is 5.82 Å². The number of amides is 1. The third kappa shape index (κ3) is 4.42. The van der Waals surface area contributed by atoms with Crippen molar-refractivity contribution in [2.24, 2.45) is 5.73 Å². The number of benzene rings is 3. The van der Waals surface area contributed by atoms with E-state index < -0.39 is 17.2 Å². The number of fused-ring (bicyclic) bond motifs is 5. The summed E-state index contributed by atoms with van der Waals surface area (Å²) in [5.74, 6) is 0.234. The van der Waals surface area contributed by atoms with Crippen LogP contribution in [0.25, 0.3) is 27.7 Å². The minimum Gasteiger partial charge on any atom is -0.488 e. The molecule has 1 atom stereocenters. The minimum atomic E-state index is -0.627. The average Bonchev–Trinajstić information content (AvgIpc) is 3.49. The summed E-state index contributed by atoms with van der Waals surface area (Å²) in [5, 5.41) is 3.30. The lowest BCUT2D eigenvalue weighted by Gasteiger charge is -2.30. The molecule has 0 spiro atoms.